The van der Waals surface area contributed by atoms with Gasteiger partial charge in [0.15, 0.2) is 0 Å². The average molecular weight is 486 g/mol. The number of carbonyl (C=O) groups excluding carboxylic acids is 1. The van der Waals surface area contributed by atoms with Gasteiger partial charge in [-0.1, -0.05) is 48.5 Å². The van der Waals surface area contributed by atoms with Gasteiger partial charge in [0.05, 0.1) is 31.7 Å². The highest BCUT2D eigenvalue weighted by Gasteiger charge is 2.23. The summed E-state index contributed by atoms with van der Waals surface area (Å²) < 4.78 is 18.6. The maximum absolute atomic E-state index is 12.6. The number of morpholine rings is 1. The van der Waals surface area contributed by atoms with Crippen molar-refractivity contribution in [2.75, 3.05) is 46.1 Å². The Bertz CT molecular complexity index is 1350. The number of nitrogens with zero attached hydrogens (tertiary/aromatic N) is 3. The van der Waals surface area contributed by atoms with E-state index in [-0.39, 0.29) is 6.61 Å². The largest absolute Gasteiger partial charge is 0.476 e. The monoisotopic (exact) mass is 485 g/mol. The summed E-state index contributed by atoms with van der Waals surface area (Å²) in [4.78, 5) is 14.9. The smallest absolute Gasteiger partial charge is 0.345 e. The molecule has 2 heterocycles. The van der Waals surface area contributed by atoms with E-state index in [1.54, 1.807) is 11.6 Å². The number of aromatic nitrogens is 2. The van der Waals surface area contributed by atoms with Gasteiger partial charge in [0, 0.05) is 19.6 Å². The van der Waals surface area contributed by atoms with Crippen LogP contribution in [0.25, 0.3) is 27.6 Å². The first-order valence-electron chi connectivity index (χ1n) is 12.4. The third kappa shape index (κ3) is 4.98. The van der Waals surface area contributed by atoms with Crippen LogP contribution in [0.2, 0.25) is 0 Å². The highest BCUT2D eigenvalue weighted by Crippen LogP contribution is 2.32. The van der Waals surface area contributed by atoms with Crippen LogP contribution in [0.4, 0.5) is 0 Å². The molecule has 0 N–H and O–H groups in total. The van der Waals surface area contributed by atoms with Gasteiger partial charge in [-0.25, -0.2) is 9.48 Å². The molecule has 0 bridgehead atoms. The van der Waals surface area contributed by atoms with Crippen molar-refractivity contribution in [1.82, 2.24) is 14.7 Å². The molecule has 4 aromatic rings. The fraction of sp³-hybridized carbons (Fsp3) is 0.310. The summed E-state index contributed by atoms with van der Waals surface area (Å²) in [5, 5.41) is 6.94. The van der Waals surface area contributed by atoms with Gasteiger partial charge in [0.25, 0.3) is 0 Å². The number of hydrogen-bond acceptors (Lipinski definition) is 6. The molecule has 0 atom stereocenters. The van der Waals surface area contributed by atoms with Crippen LogP contribution >= 0.6 is 0 Å². The zero-order valence-corrected chi connectivity index (χ0v) is 20.8. The van der Waals surface area contributed by atoms with Crippen LogP contribution in [0.5, 0.6) is 5.88 Å². The third-order valence-electron chi connectivity index (χ3n) is 6.50. The minimum absolute atomic E-state index is 0.288. The second-order valence-corrected chi connectivity index (χ2v) is 8.83. The molecule has 3 aromatic carbocycles. The van der Waals surface area contributed by atoms with Crippen molar-refractivity contribution < 1.29 is 19.0 Å². The summed E-state index contributed by atoms with van der Waals surface area (Å²) in [6.45, 7) is 8.52. The Morgan fingerprint density at radius 1 is 1.06 bits per heavy atom. The van der Waals surface area contributed by atoms with Crippen molar-refractivity contribution in [3.8, 4) is 22.7 Å². The van der Waals surface area contributed by atoms with Gasteiger partial charge < -0.3 is 14.2 Å². The number of ether oxygens (including phenoxy) is 3. The Morgan fingerprint density at radius 2 is 1.86 bits per heavy atom. The zero-order chi connectivity index (χ0) is 24.9. The molecule has 0 saturated carbocycles. The molecule has 0 unspecified atom stereocenters. The van der Waals surface area contributed by atoms with Crippen molar-refractivity contribution in [3.63, 3.8) is 0 Å². The number of carbonyl (C=O) groups is 1. The maximum atomic E-state index is 12.6. The minimum atomic E-state index is -0.435. The van der Waals surface area contributed by atoms with Crippen molar-refractivity contribution in [1.29, 1.82) is 0 Å². The zero-order valence-electron chi connectivity index (χ0n) is 20.8. The molecule has 0 radical (unpaired) electrons. The van der Waals surface area contributed by atoms with Crippen molar-refractivity contribution in [3.05, 3.63) is 78.0 Å². The average Bonchev–Trinajstić information content (AvgIpc) is 3.32. The first-order chi connectivity index (χ1) is 17.7. The normalized spacial score (nSPS) is 14.2. The van der Waals surface area contributed by atoms with Gasteiger partial charge in [-0.15, -0.1) is 0 Å². The maximum Gasteiger partial charge on any atom is 0.345 e. The quantitative estimate of drug-likeness (QED) is 0.331. The second-order valence-electron chi connectivity index (χ2n) is 8.83. The van der Waals surface area contributed by atoms with Crippen molar-refractivity contribution in [2.45, 2.75) is 13.8 Å². The second kappa shape index (κ2) is 10.9. The molecule has 1 aliphatic rings. The molecule has 1 saturated heterocycles. The van der Waals surface area contributed by atoms with Crippen LogP contribution in [0, 0.1) is 6.92 Å². The SMILES string of the molecule is CCOC(=O)c1cnn(-c2ccc(-c3cccc4ccccc34)cc2C)c1OCCN1CCOCC1. The van der Waals surface area contributed by atoms with E-state index >= 15 is 0 Å². The van der Waals surface area contributed by atoms with E-state index in [1.807, 2.05) is 13.0 Å². The lowest BCUT2D eigenvalue weighted by atomic mass is 9.97. The molecule has 1 aromatic heterocycles. The molecule has 1 fully saturated rings. The number of hydrogen-bond donors (Lipinski definition) is 0. The predicted molar refractivity (Wildman–Crippen MR) is 140 cm³/mol. The molecule has 7 nitrogen and oxygen atoms in total. The van der Waals surface area contributed by atoms with Crippen LogP contribution in [-0.2, 0) is 9.47 Å². The lowest BCUT2D eigenvalue weighted by Crippen LogP contribution is -2.38. The summed E-state index contributed by atoms with van der Waals surface area (Å²) in [5.74, 6) is -0.0297. The van der Waals surface area contributed by atoms with E-state index < -0.39 is 5.97 Å². The number of fused-ring (bicyclic) bond motifs is 1. The highest BCUT2D eigenvalue weighted by molar-refractivity contribution is 5.97. The molecular weight excluding hydrogens is 454 g/mol. The molecule has 0 spiro atoms. The number of esters is 1. The summed E-state index contributed by atoms with van der Waals surface area (Å²) in [6.07, 6.45) is 1.53. The van der Waals surface area contributed by atoms with Crippen molar-refractivity contribution >= 4 is 16.7 Å². The van der Waals surface area contributed by atoms with E-state index in [9.17, 15) is 4.79 Å². The Morgan fingerprint density at radius 3 is 2.67 bits per heavy atom. The first-order valence-corrected chi connectivity index (χ1v) is 12.4. The Balaban J connectivity index is 1.46. The third-order valence-corrected chi connectivity index (χ3v) is 6.50. The minimum Gasteiger partial charge on any atom is -0.476 e. The van der Waals surface area contributed by atoms with Gasteiger partial charge in [-0.05, 0) is 53.4 Å². The first kappa shape index (κ1) is 24.0. The van der Waals surface area contributed by atoms with E-state index in [4.69, 9.17) is 14.2 Å². The van der Waals surface area contributed by atoms with E-state index in [1.165, 1.54) is 22.5 Å². The summed E-state index contributed by atoms with van der Waals surface area (Å²) >= 11 is 0. The fourth-order valence-corrected chi connectivity index (χ4v) is 4.63. The molecule has 0 amide bonds. The summed E-state index contributed by atoms with van der Waals surface area (Å²) in [7, 11) is 0. The molecule has 0 aliphatic carbocycles. The van der Waals surface area contributed by atoms with E-state index in [0.717, 1.165) is 49.7 Å². The topological polar surface area (TPSA) is 65.8 Å². The number of benzene rings is 3. The van der Waals surface area contributed by atoms with Crippen LogP contribution in [0.15, 0.2) is 66.9 Å². The summed E-state index contributed by atoms with van der Waals surface area (Å²) in [5.41, 5.74) is 4.52. The Hall–Kier alpha value is -3.68. The van der Waals surface area contributed by atoms with Crippen LogP contribution < -0.4 is 4.74 Å². The molecule has 36 heavy (non-hydrogen) atoms. The lowest BCUT2D eigenvalue weighted by molar-refractivity contribution is 0.0316. The van der Waals surface area contributed by atoms with Gasteiger partial charge in [-0.3, -0.25) is 4.90 Å². The van der Waals surface area contributed by atoms with Crippen LogP contribution in [-0.4, -0.2) is 66.7 Å². The van der Waals surface area contributed by atoms with Crippen LogP contribution in [0.3, 0.4) is 0 Å². The molecule has 7 heteroatoms. The van der Waals surface area contributed by atoms with E-state index in [2.05, 4.69) is 64.6 Å². The molecule has 1 aliphatic heterocycles. The standard InChI is InChI=1S/C29H31N3O4/c1-3-35-29(33)26-20-30-32(28(26)36-18-15-31-13-16-34-17-14-31)27-12-11-23(19-21(27)2)25-10-6-8-22-7-4-5-9-24(22)25/h4-12,19-20H,3,13-18H2,1-2H3. The van der Waals surface area contributed by atoms with Gasteiger partial charge in [-0.2, -0.15) is 5.10 Å². The fourth-order valence-electron chi connectivity index (χ4n) is 4.63. The number of rotatable bonds is 8. The predicted octanol–water partition coefficient (Wildman–Crippen LogP) is 4.89. The number of aryl methyl sites for hydroxylation is 1. The van der Waals surface area contributed by atoms with Gasteiger partial charge in [0.2, 0.25) is 5.88 Å². The molecular formula is C29H31N3O4. The van der Waals surface area contributed by atoms with Gasteiger partial charge >= 0.3 is 5.97 Å². The molecule has 5 rings (SSSR count). The molecule has 186 valence electrons. The van der Waals surface area contributed by atoms with Crippen LogP contribution in [0.1, 0.15) is 22.8 Å². The lowest BCUT2D eigenvalue weighted by Gasteiger charge is -2.26. The van der Waals surface area contributed by atoms with Crippen molar-refractivity contribution in [2.24, 2.45) is 0 Å². The van der Waals surface area contributed by atoms with E-state index in [0.29, 0.717) is 18.1 Å². The Labute approximate surface area is 211 Å². The summed E-state index contributed by atoms with van der Waals surface area (Å²) in [6, 6.07) is 21.0. The highest BCUT2D eigenvalue weighted by atomic mass is 16.5. The Kier molecular flexibility index (Phi) is 7.30. The van der Waals surface area contributed by atoms with Gasteiger partial charge in [0.1, 0.15) is 12.2 Å².